The van der Waals surface area contributed by atoms with E-state index in [0.29, 0.717) is 5.56 Å². The molecule has 0 bridgehead atoms. The molecule has 1 unspecified atom stereocenters. The Balaban J connectivity index is 2.75. The molecule has 0 heterocycles. The molecule has 1 aromatic rings. The monoisotopic (exact) mass is 296 g/mol. The average molecular weight is 296 g/mol. The van der Waals surface area contributed by atoms with E-state index < -0.39 is 31.4 Å². The van der Waals surface area contributed by atoms with Crippen LogP contribution in [0.25, 0.3) is 0 Å². The number of benzene rings is 1. The Morgan fingerprint density at radius 3 is 2.06 bits per heavy atom. The molecule has 18 heavy (non-hydrogen) atoms. The van der Waals surface area contributed by atoms with Gasteiger partial charge in [-0.15, -0.1) is 0 Å². The molecule has 0 aliphatic rings. The van der Waals surface area contributed by atoms with Crippen LogP contribution in [0.4, 0.5) is 0 Å². The smallest absolute Gasteiger partial charge is 0.293 e. The van der Waals surface area contributed by atoms with Gasteiger partial charge in [0.1, 0.15) is 5.75 Å². The van der Waals surface area contributed by atoms with Crippen molar-refractivity contribution in [2.24, 2.45) is 0 Å². The van der Waals surface area contributed by atoms with E-state index in [-0.39, 0.29) is 6.61 Å². The second kappa shape index (κ2) is 5.76. The van der Waals surface area contributed by atoms with E-state index in [1.54, 1.807) is 30.3 Å². The van der Waals surface area contributed by atoms with Crippen LogP contribution in [0.15, 0.2) is 30.3 Å². The van der Waals surface area contributed by atoms with Gasteiger partial charge >= 0.3 is 0 Å². The fourth-order valence-corrected chi connectivity index (χ4v) is 3.04. The highest BCUT2D eigenvalue weighted by Crippen LogP contribution is 2.09. The predicted octanol–water partition coefficient (Wildman–Crippen LogP) is 0.305. The SMILES string of the molecule is O=S(=O)(O)CC(OCc1ccccc1)S(=O)(=O)O. The normalized spacial score (nSPS) is 14.3. The van der Waals surface area contributed by atoms with E-state index in [1.165, 1.54) is 0 Å². The zero-order valence-corrected chi connectivity index (χ0v) is 10.8. The van der Waals surface area contributed by atoms with Gasteiger partial charge in [-0.25, -0.2) is 0 Å². The van der Waals surface area contributed by atoms with E-state index in [0.717, 1.165) is 0 Å². The Morgan fingerprint density at radius 2 is 1.61 bits per heavy atom. The van der Waals surface area contributed by atoms with Crippen molar-refractivity contribution < 1.29 is 30.7 Å². The first-order chi connectivity index (χ1) is 8.18. The molecule has 1 atom stereocenters. The fourth-order valence-electron chi connectivity index (χ4n) is 1.16. The molecule has 1 aromatic carbocycles. The van der Waals surface area contributed by atoms with Crippen LogP contribution in [0.2, 0.25) is 0 Å². The van der Waals surface area contributed by atoms with Crippen LogP contribution in [0.1, 0.15) is 5.56 Å². The van der Waals surface area contributed by atoms with E-state index in [1.807, 2.05) is 0 Å². The Morgan fingerprint density at radius 1 is 1.06 bits per heavy atom. The van der Waals surface area contributed by atoms with E-state index in [2.05, 4.69) is 0 Å². The van der Waals surface area contributed by atoms with Crippen molar-refractivity contribution in [1.29, 1.82) is 0 Å². The zero-order chi connectivity index (χ0) is 13.8. The van der Waals surface area contributed by atoms with Gasteiger partial charge in [0, 0.05) is 0 Å². The molecule has 7 nitrogen and oxygen atoms in total. The third-order valence-electron chi connectivity index (χ3n) is 1.96. The van der Waals surface area contributed by atoms with Gasteiger partial charge in [0.25, 0.3) is 20.2 Å². The van der Waals surface area contributed by atoms with Crippen LogP contribution in [-0.2, 0) is 31.6 Å². The zero-order valence-electron chi connectivity index (χ0n) is 9.13. The third kappa shape index (κ3) is 5.56. The van der Waals surface area contributed by atoms with Gasteiger partial charge < -0.3 is 4.74 Å². The van der Waals surface area contributed by atoms with Gasteiger partial charge in [0.2, 0.25) is 0 Å². The summed E-state index contributed by atoms with van der Waals surface area (Å²) >= 11 is 0. The molecule has 0 amide bonds. The number of ether oxygens (including phenoxy) is 1. The lowest BCUT2D eigenvalue weighted by atomic mass is 10.2. The maximum Gasteiger partial charge on any atom is 0.293 e. The van der Waals surface area contributed by atoms with Crippen molar-refractivity contribution in [2.45, 2.75) is 12.0 Å². The van der Waals surface area contributed by atoms with Gasteiger partial charge in [-0.3, -0.25) is 9.11 Å². The van der Waals surface area contributed by atoms with Gasteiger partial charge in [-0.1, -0.05) is 30.3 Å². The van der Waals surface area contributed by atoms with Gasteiger partial charge in [-0.2, -0.15) is 16.8 Å². The minimum absolute atomic E-state index is 0.208. The van der Waals surface area contributed by atoms with E-state index >= 15 is 0 Å². The second-order valence-corrected chi connectivity index (χ2v) is 6.54. The van der Waals surface area contributed by atoms with Crippen LogP contribution in [0, 0.1) is 0 Å². The number of hydrogen-bond donors (Lipinski definition) is 2. The first kappa shape index (κ1) is 15.1. The lowest BCUT2D eigenvalue weighted by molar-refractivity contribution is 0.0978. The molecule has 0 saturated heterocycles. The standard InChI is InChI=1S/C9H12O7S2/c10-17(11,12)7-9(18(13,14)15)16-6-8-4-2-1-3-5-8/h1-5,9H,6-7H2,(H,10,11,12)(H,13,14,15). The molecular formula is C9H12O7S2. The van der Waals surface area contributed by atoms with Gasteiger partial charge in [0.05, 0.1) is 6.61 Å². The predicted molar refractivity (Wildman–Crippen MR) is 63.0 cm³/mol. The molecular weight excluding hydrogens is 284 g/mol. The van der Waals surface area contributed by atoms with Gasteiger partial charge in [-0.05, 0) is 5.56 Å². The van der Waals surface area contributed by atoms with Crippen molar-refractivity contribution >= 4 is 20.2 Å². The maximum absolute atomic E-state index is 10.9. The lowest BCUT2D eigenvalue weighted by Gasteiger charge is -2.13. The Bertz CT molecular complexity index is 577. The fraction of sp³-hybridized carbons (Fsp3) is 0.333. The number of hydrogen-bond acceptors (Lipinski definition) is 5. The molecule has 0 saturated carbocycles. The van der Waals surface area contributed by atoms with Crippen molar-refractivity contribution in [2.75, 3.05) is 5.75 Å². The Hall–Kier alpha value is -1.00. The van der Waals surface area contributed by atoms with Crippen molar-refractivity contribution in [1.82, 2.24) is 0 Å². The second-order valence-electron chi connectivity index (χ2n) is 3.49. The lowest BCUT2D eigenvalue weighted by Crippen LogP contribution is -2.31. The molecule has 102 valence electrons. The quantitative estimate of drug-likeness (QED) is 0.725. The molecule has 0 fully saturated rings. The first-order valence-electron chi connectivity index (χ1n) is 4.75. The van der Waals surface area contributed by atoms with E-state index in [4.69, 9.17) is 13.8 Å². The van der Waals surface area contributed by atoms with Crippen molar-refractivity contribution in [3.05, 3.63) is 35.9 Å². The van der Waals surface area contributed by atoms with Crippen LogP contribution in [0.3, 0.4) is 0 Å². The largest absolute Gasteiger partial charge is 0.354 e. The van der Waals surface area contributed by atoms with Gasteiger partial charge in [0.15, 0.2) is 5.44 Å². The summed E-state index contributed by atoms with van der Waals surface area (Å²) in [5.74, 6) is -1.22. The molecule has 0 aliphatic heterocycles. The minimum Gasteiger partial charge on any atom is -0.354 e. The highest BCUT2D eigenvalue weighted by Gasteiger charge is 2.29. The Labute approximate surface area is 105 Å². The van der Waals surface area contributed by atoms with Crippen molar-refractivity contribution in [3.63, 3.8) is 0 Å². The van der Waals surface area contributed by atoms with Crippen LogP contribution < -0.4 is 0 Å². The molecule has 2 N–H and O–H groups in total. The third-order valence-corrected chi connectivity index (χ3v) is 3.86. The minimum atomic E-state index is -4.73. The summed E-state index contributed by atoms with van der Waals surface area (Å²) < 4.78 is 65.1. The molecule has 0 spiro atoms. The maximum atomic E-state index is 10.9. The average Bonchev–Trinajstić information content (AvgIpc) is 2.22. The summed E-state index contributed by atoms with van der Waals surface area (Å²) in [5, 5.41) is 0. The summed E-state index contributed by atoms with van der Waals surface area (Å²) in [5.41, 5.74) is -1.42. The summed E-state index contributed by atoms with van der Waals surface area (Å²) in [6, 6.07) is 8.37. The Kier molecular flexibility index (Phi) is 4.82. The van der Waals surface area contributed by atoms with E-state index in [9.17, 15) is 16.8 Å². The molecule has 0 aromatic heterocycles. The van der Waals surface area contributed by atoms with Crippen LogP contribution >= 0.6 is 0 Å². The summed E-state index contributed by atoms with van der Waals surface area (Å²) in [7, 11) is -9.30. The molecule has 9 heteroatoms. The van der Waals surface area contributed by atoms with Crippen molar-refractivity contribution in [3.8, 4) is 0 Å². The first-order valence-corrected chi connectivity index (χ1v) is 7.87. The number of rotatable bonds is 6. The van der Waals surface area contributed by atoms with Crippen LogP contribution in [0.5, 0.6) is 0 Å². The summed E-state index contributed by atoms with van der Waals surface area (Å²) in [6.07, 6.45) is 0. The van der Waals surface area contributed by atoms with Crippen LogP contribution in [-0.4, -0.2) is 37.1 Å². The topological polar surface area (TPSA) is 118 Å². The summed E-state index contributed by atoms with van der Waals surface area (Å²) in [6.45, 7) is -0.208. The highest BCUT2D eigenvalue weighted by atomic mass is 32.2. The highest BCUT2D eigenvalue weighted by molar-refractivity contribution is 7.90. The molecule has 0 aliphatic carbocycles. The molecule has 1 rings (SSSR count). The summed E-state index contributed by atoms with van der Waals surface area (Å²) in [4.78, 5) is 0. The molecule has 0 radical (unpaired) electrons.